The Labute approximate surface area is 139 Å². The summed E-state index contributed by atoms with van der Waals surface area (Å²) in [5, 5.41) is 8.39. The van der Waals surface area contributed by atoms with Gasteiger partial charge in [0.05, 0.1) is 6.61 Å². The standard InChI is InChI=1S/C18H17N3O3/c19-16(22)10-23-9-12-3-1-2-4-14(12)17-20-21-18(24-17)15-6-5-11-7-13(15)8-11/h1-6,11H,7-10H2,(H2,19,22). The molecule has 2 N–H and O–H groups in total. The Morgan fingerprint density at radius 2 is 2.04 bits per heavy atom. The second kappa shape index (κ2) is 6.05. The summed E-state index contributed by atoms with van der Waals surface area (Å²) >= 11 is 0. The van der Waals surface area contributed by atoms with Gasteiger partial charge in [-0.25, -0.2) is 0 Å². The molecule has 5 rings (SSSR count). The minimum absolute atomic E-state index is 0.119. The molecular formula is C18H17N3O3. The molecule has 1 heterocycles. The molecule has 1 amide bonds. The molecule has 0 atom stereocenters. The largest absolute Gasteiger partial charge is 0.416 e. The van der Waals surface area contributed by atoms with E-state index in [1.54, 1.807) is 0 Å². The summed E-state index contributed by atoms with van der Waals surface area (Å²) in [6.45, 7) is 0.137. The smallest absolute Gasteiger partial charge is 0.248 e. The van der Waals surface area contributed by atoms with Crippen LogP contribution in [-0.2, 0) is 16.1 Å². The van der Waals surface area contributed by atoms with E-state index in [1.165, 1.54) is 5.57 Å². The number of carbonyl (C=O) groups is 1. The molecule has 6 heteroatoms. The molecule has 3 aliphatic rings. The van der Waals surface area contributed by atoms with Gasteiger partial charge in [-0.05, 0) is 30.4 Å². The normalized spacial score (nSPS) is 16.3. The van der Waals surface area contributed by atoms with Gasteiger partial charge < -0.3 is 14.9 Å². The van der Waals surface area contributed by atoms with E-state index in [0.29, 0.717) is 17.7 Å². The summed E-state index contributed by atoms with van der Waals surface area (Å²) < 4.78 is 11.2. The van der Waals surface area contributed by atoms with Crippen molar-refractivity contribution in [3.8, 4) is 11.5 Å². The van der Waals surface area contributed by atoms with Gasteiger partial charge in [-0.3, -0.25) is 4.79 Å². The summed E-state index contributed by atoms with van der Waals surface area (Å²) in [7, 11) is 0. The summed E-state index contributed by atoms with van der Waals surface area (Å²) in [5.41, 5.74) is 9.20. The molecule has 1 saturated carbocycles. The SMILES string of the molecule is NC(=O)COCc1ccccc1-c1nnc(C2=C3CC(C=C2)C3)o1. The van der Waals surface area contributed by atoms with E-state index in [0.717, 1.165) is 29.5 Å². The zero-order valence-electron chi connectivity index (χ0n) is 13.1. The van der Waals surface area contributed by atoms with Crippen molar-refractivity contribution in [3.63, 3.8) is 0 Å². The first-order valence-corrected chi connectivity index (χ1v) is 7.89. The van der Waals surface area contributed by atoms with Gasteiger partial charge in [-0.1, -0.05) is 35.9 Å². The maximum absolute atomic E-state index is 10.8. The van der Waals surface area contributed by atoms with Crippen molar-refractivity contribution in [2.45, 2.75) is 19.4 Å². The minimum Gasteiger partial charge on any atom is -0.416 e. The van der Waals surface area contributed by atoms with Crippen LogP contribution in [0.3, 0.4) is 0 Å². The van der Waals surface area contributed by atoms with Gasteiger partial charge in [0.25, 0.3) is 0 Å². The highest BCUT2D eigenvalue weighted by Crippen LogP contribution is 2.44. The van der Waals surface area contributed by atoms with E-state index in [1.807, 2.05) is 24.3 Å². The van der Waals surface area contributed by atoms with E-state index in [4.69, 9.17) is 14.9 Å². The Hall–Kier alpha value is -2.73. The van der Waals surface area contributed by atoms with Crippen LogP contribution < -0.4 is 5.73 Å². The quantitative estimate of drug-likeness (QED) is 0.881. The molecule has 2 bridgehead atoms. The molecule has 122 valence electrons. The third-order valence-electron chi connectivity index (χ3n) is 4.34. The number of amides is 1. The number of rotatable bonds is 6. The van der Waals surface area contributed by atoms with Gasteiger partial charge in [0.15, 0.2) is 0 Å². The lowest BCUT2D eigenvalue weighted by Crippen LogP contribution is -2.18. The van der Waals surface area contributed by atoms with Gasteiger partial charge in [-0.15, -0.1) is 10.2 Å². The fourth-order valence-electron chi connectivity index (χ4n) is 3.06. The zero-order valence-corrected chi connectivity index (χ0v) is 13.1. The van der Waals surface area contributed by atoms with Gasteiger partial charge in [0.2, 0.25) is 17.7 Å². The molecule has 0 saturated heterocycles. The predicted molar refractivity (Wildman–Crippen MR) is 87.4 cm³/mol. The summed E-state index contributed by atoms with van der Waals surface area (Å²) in [6, 6.07) is 7.59. The molecule has 2 aromatic rings. The van der Waals surface area contributed by atoms with Crippen molar-refractivity contribution in [2.24, 2.45) is 11.7 Å². The van der Waals surface area contributed by atoms with E-state index >= 15 is 0 Å². The van der Waals surface area contributed by atoms with Crippen LogP contribution in [0.5, 0.6) is 0 Å². The molecule has 1 fully saturated rings. The molecule has 3 aliphatic carbocycles. The maximum Gasteiger partial charge on any atom is 0.248 e. The maximum atomic E-state index is 10.8. The van der Waals surface area contributed by atoms with Crippen molar-refractivity contribution in [1.29, 1.82) is 0 Å². The van der Waals surface area contributed by atoms with Crippen molar-refractivity contribution in [2.75, 3.05) is 6.61 Å². The number of allylic oxidation sites excluding steroid dienone is 4. The number of primary amides is 1. The first-order chi connectivity index (χ1) is 11.7. The minimum atomic E-state index is -0.496. The van der Waals surface area contributed by atoms with Gasteiger partial charge >= 0.3 is 0 Å². The summed E-state index contributed by atoms with van der Waals surface area (Å²) in [5.74, 6) is 1.20. The van der Waals surface area contributed by atoms with Crippen LogP contribution in [0.25, 0.3) is 17.0 Å². The number of hydrogen-bond acceptors (Lipinski definition) is 5. The van der Waals surface area contributed by atoms with Crippen molar-refractivity contribution in [1.82, 2.24) is 10.2 Å². The topological polar surface area (TPSA) is 91.2 Å². The summed E-state index contributed by atoms with van der Waals surface area (Å²) in [6.07, 6.45) is 6.48. The highest BCUT2D eigenvalue weighted by Gasteiger charge is 2.29. The zero-order chi connectivity index (χ0) is 16.5. The highest BCUT2D eigenvalue weighted by molar-refractivity contribution is 5.76. The molecule has 0 spiro atoms. The van der Waals surface area contributed by atoms with Crippen LogP contribution in [0, 0.1) is 5.92 Å². The van der Waals surface area contributed by atoms with Gasteiger partial charge in [0, 0.05) is 11.1 Å². The third kappa shape index (κ3) is 2.76. The van der Waals surface area contributed by atoms with Crippen LogP contribution in [0.2, 0.25) is 0 Å². The predicted octanol–water partition coefficient (Wildman–Crippen LogP) is 2.47. The van der Waals surface area contributed by atoms with Gasteiger partial charge in [0.1, 0.15) is 6.61 Å². The van der Waals surface area contributed by atoms with Crippen LogP contribution in [0.15, 0.2) is 46.4 Å². The van der Waals surface area contributed by atoms with E-state index in [9.17, 15) is 4.79 Å². The first-order valence-electron chi connectivity index (χ1n) is 7.89. The number of benzene rings is 1. The van der Waals surface area contributed by atoms with Crippen molar-refractivity contribution in [3.05, 3.63) is 53.4 Å². The fraction of sp³-hybridized carbons (Fsp3) is 0.278. The number of hydrogen-bond donors (Lipinski definition) is 1. The molecule has 0 radical (unpaired) electrons. The molecule has 24 heavy (non-hydrogen) atoms. The van der Waals surface area contributed by atoms with Crippen molar-refractivity contribution < 1.29 is 13.9 Å². The van der Waals surface area contributed by atoms with Crippen LogP contribution in [0.4, 0.5) is 0 Å². The lowest BCUT2D eigenvalue weighted by molar-refractivity contribution is -0.122. The van der Waals surface area contributed by atoms with Crippen molar-refractivity contribution >= 4 is 11.5 Å². The van der Waals surface area contributed by atoms with E-state index < -0.39 is 5.91 Å². The lowest BCUT2D eigenvalue weighted by Gasteiger charge is -2.31. The number of nitrogens with zero attached hydrogens (tertiary/aromatic N) is 2. The van der Waals surface area contributed by atoms with Gasteiger partial charge in [-0.2, -0.15) is 0 Å². The van der Waals surface area contributed by atoms with Crippen LogP contribution in [-0.4, -0.2) is 22.7 Å². The fourth-order valence-corrected chi connectivity index (χ4v) is 3.06. The Morgan fingerprint density at radius 3 is 2.79 bits per heavy atom. The molecule has 1 aromatic carbocycles. The van der Waals surface area contributed by atoms with Crippen LogP contribution in [0.1, 0.15) is 24.3 Å². The molecule has 0 aliphatic heterocycles. The first kappa shape index (κ1) is 14.8. The number of nitrogens with two attached hydrogens (primary N) is 1. The Bertz CT molecular complexity index is 843. The highest BCUT2D eigenvalue weighted by atomic mass is 16.5. The Morgan fingerprint density at radius 1 is 1.25 bits per heavy atom. The third-order valence-corrected chi connectivity index (χ3v) is 4.34. The number of ether oxygens (including phenoxy) is 1. The average molecular weight is 323 g/mol. The molecule has 6 nitrogen and oxygen atoms in total. The summed E-state index contributed by atoms with van der Waals surface area (Å²) in [4.78, 5) is 10.8. The van der Waals surface area contributed by atoms with E-state index in [-0.39, 0.29) is 13.2 Å². The average Bonchev–Trinajstić information content (AvgIpc) is 3.04. The molecule has 0 unspecified atom stereocenters. The lowest BCUT2D eigenvalue weighted by atomic mass is 9.73. The molecular weight excluding hydrogens is 306 g/mol. The number of fused-ring (bicyclic) bond motifs is 1. The number of carbonyl (C=O) groups excluding carboxylic acids is 1. The Balaban J connectivity index is 1.58. The number of aromatic nitrogens is 2. The second-order valence-corrected chi connectivity index (χ2v) is 6.07. The van der Waals surface area contributed by atoms with E-state index in [2.05, 4.69) is 22.3 Å². The monoisotopic (exact) mass is 323 g/mol. The molecule has 1 aromatic heterocycles. The Kier molecular flexibility index (Phi) is 3.74. The second-order valence-electron chi connectivity index (χ2n) is 6.07. The van der Waals surface area contributed by atoms with Crippen LogP contribution >= 0.6 is 0 Å².